The molecule has 1 unspecified atom stereocenters. The second-order valence-corrected chi connectivity index (χ2v) is 6.74. The van der Waals surface area contributed by atoms with Crippen LogP contribution in [0.15, 0.2) is 0 Å². The normalized spacial score (nSPS) is 23.6. The van der Waals surface area contributed by atoms with E-state index >= 15 is 0 Å². The smallest absolute Gasteiger partial charge is 0.447 e. The van der Waals surface area contributed by atoms with Crippen LogP contribution in [0.5, 0.6) is 0 Å². The molecule has 0 aromatic heterocycles. The Bertz CT molecular complexity index is 333. The molecule has 0 spiro atoms. The quantitative estimate of drug-likeness (QED) is 0.806. The molecule has 5 nitrogen and oxygen atoms in total. The Labute approximate surface area is 122 Å². The van der Waals surface area contributed by atoms with Crippen LogP contribution in [0.4, 0.5) is 4.79 Å². The van der Waals surface area contributed by atoms with Crippen molar-refractivity contribution in [2.24, 2.45) is 11.1 Å². The average molecular weight is 285 g/mol. The van der Waals surface area contributed by atoms with E-state index in [4.69, 9.17) is 19.8 Å². The summed E-state index contributed by atoms with van der Waals surface area (Å²) in [5.41, 5.74) is 4.85. The third kappa shape index (κ3) is 4.98. The lowest BCUT2D eigenvalue weighted by Gasteiger charge is -2.45. The molecule has 2 N–H and O–H groups in total. The van der Waals surface area contributed by atoms with Crippen molar-refractivity contribution in [1.29, 1.82) is 0 Å². The van der Waals surface area contributed by atoms with Crippen LogP contribution < -0.4 is 5.73 Å². The van der Waals surface area contributed by atoms with Gasteiger partial charge in [0.15, 0.2) is 0 Å². The first-order chi connectivity index (χ1) is 9.14. The minimum atomic E-state index is -0.738. The number of rotatable bonds is 4. The fourth-order valence-electron chi connectivity index (χ4n) is 2.32. The van der Waals surface area contributed by atoms with Crippen LogP contribution in [-0.4, -0.2) is 31.5 Å². The molecule has 1 rings (SSSR count). The van der Waals surface area contributed by atoms with Gasteiger partial charge in [-0.1, -0.05) is 13.8 Å². The lowest BCUT2D eigenvalue weighted by Crippen LogP contribution is -2.48. The lowest BCUT2D eigenvalue weighted by molar-refractivity contribution is -0.0526. The molecule has 1 heterocycles. The summed E-state index contributed by atoms with van der Waals surface area (Å²) in [4.78, 5) is 10.7. The van der Waals surface area contributed by atoms with Crippen molar-refractivity contribution in [3.63, 3.8) is 0 Å². The molecule has 0 bridgehead atoms. The number of amides is 1. The minimum absolute atomic E-state index is 0.102. The highest BCUT2D eigenvalue weighted by atomic mass is 16.6. The van der Waals surface area contributed by atoms with Gasteiger partial charge in [-0.3, -0.25) is 0 Å². The molecule has 0 aromatic rings. The third-order valence-corrected chi connectivity index (χ3v) is 4.43. The Hall–Kier alpha value is -0.745. The number of hydrogen-bond donors (Lipinski definition) is 1. The molecular weight excluding hydrogens is 257 g/mol. The molecule has 1 amide bonds. The fourth-order valence-corrected chi connectivity index (χ4v) is 2.32. The van der Waals surface area contributed by atoms with Crippen molar-refractivity contribution < 1.29 is 18.8 Å². The summed E-state index contributed by atoms with van der Waals surface area (Å²) < 4.78 is 16.8. The third-order valence-electron chi connectivity index (χ3n) is 4.43. The maximum absolute atomic E-state index is 10.7. The Morgan fingerprint density at radius 1 is 1.40 bits per heavy atom. The predicted octanol–water partition coefficient (Wildman–Crippen LogP) is 2.98. The van der Waals surface area contributed by atoms with Gasteiger partial charge in [0.25, 0.3) is 0 Å². The van der Waals surface area contributed by atoms with Crippen LogP contribution in [0.1, 0.15) is 53.9 Å². The van der Waals surface area contributed by atoms with E-state index < -0.39 is 6.09 Å². The zero-order valence-corrected chi connectivity index (χ0v) is 13.4. The van der Waals surface area contributed by atoms with Crippen LogP contribution >= 0.6 is 0 Å². The summed E-state index contributed by atoms with van der Waals surface area (Å²) in [6.45, 7) is 11.2. The van der Waals surface area contributed by atoms with E-state index in [0.717, 1.165) is 12.8 Å². The van der Waals surface area contributed by atoms with Crippen LogP contribution in [0.25, 0.3) is 0 Å². The fraction of sp³-hybridized carbons (Fsp3) is 0.929. The monoisotopic (exact) mass is 285 g/mol. The second kappa shape index (κ2) is 6.81. The highest BCUT2D eigenvalue weighted by Crippen LogP contribution is 2.40. The number of carbonyl (C=O) groups excluding carboxylic acids is 1. The Balaban J connectivity index is 2.54. The standard InChI is InChI=1S/C14H28BNO4/c1-11(19-12(16)17)7-9-15-18-10-6-8-13(2,3)14(4,5)20-15/h11H,6-10H2,1-5H3,(H2,16,17). The van der Waals surface area contributed by atoms with Gasteiger partial charge in [-0.25, -0.2) is 4.79 Å². The zero-order chi connectivity index (χ0) is 15.4. The van der Waals surface area contributed by atoms with Crippen molar-refractivity contribution in [3.05, 3.63) is 0 Å². The largest absolute Gasteiger partial charge is 0.457 e. The number of nitrogens with two attached hydrogens (primary N) is 1. The summed E-state index contributed by atoms with van der Waals surface area (Å²) in [6, 6.07) is 0. The SMILES string of the molecule is CC(CCB1OCCCC(C)(C)C(C)(C)O1)OC(N)=O. The molecule has 1 fully saturated rings. The summed E-state index contributed by atoms with van der Waals surface area (Å²) in [5, 5.41) is 0. The summed E-state index contributed by atoms with van der Waals surface area (Å²) in [5.74, 6) is 0. The predicted molar refractivity (Wildman–Crippen MR) is 79.4 cm³/mol. The van der Waals surface area contributed by atoms with E-state index in [1.54, 1.807) is 0 Å². The van der Waals surface area contributed by atoms with Gasteiger partial charge in [0.1, 0.15) is 6.10 Å². The first-order valence-corrected chi connectivity index (χ1v) is 7.39. The first-order valence-electron chi connectivity index (χ1n) is 7.39. The van der Waals surface area contributed by atoms with Crippen molar-refractivity contribution in [3.8, 4) is 0 Å². The molecule has 0 radical (unpaired) electrons. The lowest BCUT2D eigenvalue weighted by atomic mass is 9.70. The molecule has 0 aromatic carbocycles. The average Bonchev–Trinajstić information content (AvgIpc) is 2.28. The Morgan fingerprint density at radius 3 is 2.65 bits per heavy atom. The van der Waals surface area contributed by atoms with E-state index in [0.29, 0.717) is 19.3 Å². The van der Waals surface area contributed by atoms with Crippen LogP contribution in [-0.2, 0) is 14.0 Å². The van der Waals surface area contributed by atoms with E-state index in [2.05, 4.69) is 27.7 Å². The molecule has 1 atom stereocenters. The van der Waals surface area contributed by atoms with Crippen molar-refractivity contribution in [1.82, 2.24) is 0 Å². The second-order valence-electron chi connectivity index (χ2n) is 6.74. The molecule has 20 heavy (non-hydrogen) atoms. The molecule has 6 heteroatoms. The number of primary amides is 1. The van der Waals surface area contributed by atoms with Gasteiger partial charge in [0.05, 0.1) is 5.60 Å². The molecule has 116 valence electrons. The molecular formula is C14H28BNO4. The molecule has 0 saturated carbocycles. The van der Waals surface area contributed by atoms with Crippen molar-refractivity contribution in [2.75, 3.05) is 6.61 Å². The Kier molecular flexibility index (Phi) is 5.89. The Morgan fingerprint density at radius 2 is 2.05 bits per heavy atom. The first kappa shape index (κ1) is 17.3. The molecule has 1 saturated heterocycles. The van der Waals surface area contributed by atoms with Gasteiger partial charge in [-0.15, -0.1) is 0 Å². The van der Waals surface area contributed by atoms with E-state index in [9.17, 15) is 4.79 Å². The summed E-state index contributed by atoms with van der Waals surface area (Å²) in [7, 11) is -0.261. The summed E-state index contributed by atoms with van der Waals surface area (Å²) in [6.07, 6.45) is 2.51. The van der Waals surface area contributed by atoms with Gasteiger partial charge in [-0.05, 0) is 51.8 Å². The van der Waals surface area contributed by atoms with Crippen LogP contribution in [0.3, 0.4) is 0 Å². The highest BCUT2D eigenvalue weighted by molar-refractivity contribution is 6.44. The van der Waals surface area contributed by atoms with E-state index in [-0.39, 0.29) is 24.2 Å². The minimum Gasteiger partial charge on any atom is -0.447 e. The van der Waals surface area contributed by atoms with Crippen molar-refractivity contribution in [2.45, 2.75) is 71.9 Å². The van der Waals surface area contributed by atoms with Crippen LogP contribution in [0.2, 0.25) is 6.32 Å². The number of ether oxygens (including phenoxy) is 1. The van der Waals surface area contributed by atoms with Gasteiger partial charge in [0, 0.05) is 6.61 Å². The van der Waals surface area contributed by atoms with E-state index in [1.165, 1.54) is 0 Å². The number of hydrogen-bond acceptors (Lipinski definition) is 4. The van der Waals surface area contributed by atoms with Gasteiger partial charge in [0.2, 0.25) is 0 Å². The van der Waals surface area contributed by atoms with Crippen LogP contribution in [0, 0.1) is 5.41 Å². The van der Waals surface area contributed by atoms with E-state index in [1.807, 2.05) is 6.92 Å². The van der Waals surface area contributed by atoms with Gasteiger partial charge >= 0.3 is 13.2 Å². The maximum Gasteiger partial charge on any atom is 0.457 e. The summed E-state index contributed by atoms with van der Waals surface area (Å²) >= 11 is 0. The molecule has 1 aliphatic heterocycles. The van der Waals surface area contributed by atoms with Gasteiger partial charge in [-0.2, -0.15) is 0 Å². The highest BCUT2D eigenvalue weighted by Gasteiger charge is 2.42. The maximum atomic E-state index is 10.7. The molecule has 0 aliphatic carbocycles. The zero-order valence-electron chi connectivity index (χ0n) is 13.4. The van der Waals surface area contributed by atoms with Gasteiger partial charge < -0.3 is 19.8 Å². The molecule has 1 aliphatic rings. The van der Waals surface area contributed by atoms with Crippen molar-refractivity contribution >= 4 is 13.2 Å². The number of carbonyl (C=O) groups is 1. The topological polar surface area (TPSA) is 70.8 Å².